The molecule has 2 aromatic heterocycles. The summed E-state index contributed by atoms with van der Waals surface area (Å²) in [6, 6.07) is 17.7. The molecule has 0 radical (unpaired) electrons. The monoisotopic (exact) mass is 403 g/mol. The summed E-state index contributed by atoms with van der Waals surface area (Å²) in [6.45, 7) is 2.86. The first kappa shape index (κ1) is 19.1. The number of fused-ring (bicyclic) bond motifs is 1. The number of ether oxygens (including phenoxy) is 1. The van der Waals surface area contributed by atoms with E-state index in [0.29, 0.717) is 15.3 Å². The van der Waals surface area contributed by atoms with Crippen molar-refractivity contribution in [2.24, 2.45) is 0 Å². The molecule has 0 unspecified atom stereocenters. The maximum Gasteiger partial charge on any atom is 0.291 e. The third-order valence-corrected chi connectivity index (χ3v) is 5.33. The van der Waals surface area contributed by atoms with E-state index in [0.717, 1.165) is 36.3 Å². The normalized spacial score (nSPS) is 12.2. The summed E-state index contributed by atoms with van der Waals surface area (Å²) in [4.78, 5) is 17.7. The Morgan fingerprint density at radius 3 is 2.55 bits per heavy atom. The van der Waals surface area contributed by atoms with Crippen LogP contribution in [-0.4, -0.2) is 21.2 Å². The van der Waals surface area contributed by atoms with Gasteiger partial charge in [-0.2, -0.15) is 9.50 Å². The molecular formula is C23H21N3O2S. The highest BCUT2D eigenvalue weighted by molar-refractivity contribution is 7.15. The molecule has 4 aromatic rings. The van der Waals surface area contributed by atoms with Gasteiger partial charge in [0.2, 0.25) is 4.96 Å². The fraction of sp³-hybridized carbons (Fsp3) is 0.174. The van der Waals surface area contributed by atoms with Crippen LogP contribution in [0, 0.1) is 0 Å². The lowest BCUT2D eigenvalue weighted by molar-refractivity contribution is 0.309. The SMILES string of the molecule is CCCCOc1ccc(/C=c2/sc3nc(/C=C/c4ccccc4)nn3c2=O)cc1. The molecule has 146 valence electrons. The average Bonchev–Trinajstić information content (AvgIpc) is 3.28. The lowest BCUT2D eigenvalue weighted by Crippen LogP contribution is -2.23. The van der Waals surface area contributed by atoms with Gasteiger partial charge >= 0.3 is 0 Å². The molecule has 4 rings (SSSR count). The maximum absolute atomic E-state index is 12.7. The fourth-order valence-corrected chi connectivity index (χ4v) is 3.72. The van der Waals surface area contributed by atoms with Gasteiger partial charge < -0.3 is 4.74 Å². The quantitative estimate of drug-likeness (QED) is 0.437. The molecular weight excluding hydrogens is 382 g/mol. The van der Waals surface area contributed by atoms with Crippen molar-refractivity contribution in [3.63, 3.8) is 0 Å². The van der Waals surface area contributed by atoms with Crippen molar-refractivity contribution in [3.8, 4) is 5.75 Å². The van der Waals surface area contributed by atoms with Gasteiger partial charge in [-0.3, -0.25) is 4.79 Å². The minimum atomic E-state index is -0.153. The van der Waals surface area contributed by atoms with E-state index in [-0.39, 0.29) is 5.56 Å². The minimum absolute atomic E-state index is 0.153. The molecule has 0 saturated heterocycles. The molecule has 0 spiro atoms. The topological polar surface area (TPSA) is 56.5 Å². The zero-order valence-corrected chi connectivity index (χ0v) is 16.9. The summed E-state index contributed by atoms with van der Waals surface area (Å²) in [5.74, 6) is 1.37. The molecule has 0 aliphatic heterocycles. The second kappa shape index (κ2) is 8.84. The number of benzene rings is 2. The van der Waals surface area contributed by atoms with Gasteiger partial charge in [0.25, 0.3) is 5.56 Å². The number of nitrogens with zero attached hydrogens (tertiary/aromatic N) is 3. The number of unbranched alkanes of at least 4 members (excludes halogenated alkanes) is 1. The predicted molar refractivity (Wildman–Crippen MR) is 118 cm³/mol. The van der Waals surface area contributed by atoms with E-state index in [2.05, 4.69) is 17.0 Å². The number of hydrogen-bond acceptors (Lipinski definition) is 5. The summed E-state index contributed by atoms with van der Waals surface area (Å²) in [5, 5.41) is 4.32. The van der Waals surface area contributed by atoms with Gasteiger partial charge in [-0.15, -0.1) is 5.10 Å². The van der Waals surface area contributed by atoms with Crippen molar-refractivity contribution in [2.75, 3.05) is 6.61 Å². The van der Waals surface area contributed by atoms with Crippen LogP contribution < -0.4 is 14.8 Å². The standard InChI is InChI=1S/C23H21N3O2S/c1-2-3-15-28-19-12-9-18(10-13-19)16-20-22(27)26-23(29-20)24-21(25-26)14-11-17-7-5-4-6-8-17/h4-14,16H,2-3,15H2,1H3/b14-11+,20-16+. The first-order chi connectivity index (χ1) is 14.2. The van der Waals surface area contributed by atoms with Crippen LogP contribution in [0.5, 0.6) is 5.75 Å². The molecule has 6 heteroatoms. The van der Waals surface area contributed by atoms with Crippen molar-refractivity contribution in [1.29, 1.82) is 0 Å². The molecule has 2 aromatic carbocycles. The zero-order chi connectivity index (χ0) is 20.1. The maximum atomic E-state index is 12.7. The third kappa shape index (κ3) is 4.60. The van der Waals surface area contributed by atoms with E-state index < -0.39 is 0 Å². The van der Waals surface area contributed by atoms with Crippen LogP contribution in [0.25, 0.3) is 23.2 Å². The Morgan fingerprint density at radius 2 is 1.83 bits per heavy atom. The van der Waals surface area contributed by atoms with Gasteiger partial charge in [-0.1, -0.05) is 73.2 Å². The van der Waals surface area contributed by atoms with E-state index in [9.17, 15) is 4.79 Å². The summed E-state index contributed by atoms with van der Waals surface area (Å²) in [7, 11) is 0. The van der Waals surface area contributed by atoms with Crippen LogP contribution in [0.2, 0.25) is 0 Å². The second-order valence-corrected chi connectivity index (χ2v) is 7.60. The van der Waals surface area contributed by atoms with Crippen LogP contribution >= 0.6 is 11.3 Å². The Hall–Kier alpha value is -3.25. The van der Waals surface area contributed by atoms with Crippen LogP contribution in [0.1, 0.15) is 36.7 Å². The van der Waals surface area contributed by atoms with E-state index >= 15 is 0 Å². The number of thiazole rings is 1. The Kier molecular flexibility index (Phi) is 5.81. The molecule has 0 saturated carbocycles. The molecule has 0 bridgehead atoms. The number of rotatable bonds is 7. The van der Waals surface area contributed by atoms with E-state index in [1.54, 1.807) is 0 Å². The molecule has 2 heterocycles. The van der Waals surface area contributed by atoms with Crippen molar-refractivity contribution in [1.82, 2.24) is 14.6 Å². The molecule has 29 heavy (non-hydrogen) atoms. The summed E-state index contributed by atoms with van der Waals surface area (Å²) < 4.78 is 7.65. The Bertz CT molecular complexity index is 1230. The first-order valence-corrected chi connectivity index (χ1v) is 10.4. The van der Waals surface area contributed by atoms with Gasteiger partial charge in [0.15, 0.2) is 5.82 Å². The molecule has 0 amide bonds. The van der Waals surface area contributed by atoms with E-state index in [4.69, 9.17) is 4.74 Å². The van der Waals surface area contributed by atoms with Gasteiger partial charge in [-0.05, 0) is 41.8 Å². The van der Waals surface area contributed by atoms with Gasteiger partial charge in [0.1, 0.15) is 5.75 Å². The minimum Gasteiger partial charge on any atom is -0.494 e. The predicted octanol–water partition coefficient (Wildman–Crippen LogP) is 4.05. The summed E-state index contributed by atoms with van der Waals surface area (Å²) in [5.41, 5.74) is 1.85. The van der Waals surface area contributed by atoms with Crippen molar-refractivity contribution >= 4 is 34.5 Å². The van der Waals surface area contributed by atoms with E-state index in [1.807, 2.05) is 72.8 Å². The number of hydrogen-bond donors (Lipinski definition) is 0. The van der Waals surface area contributed by atoms with Gasteiger partial charge in [-0.25, -0.2) is 0 Å². The zero-order valence-electron chi connectivity index (χ0n) is 16.1. The van der Waals surface area contributed by atoms with E-state index in [1.165, 1.54) is 15.9 Å². The Labute approximate surface area is 172 Å². The molecule has 5 nitrogen and oxygen atoms in total. The Balaban J connectivity index is 1.54. The number of aromatic nitrogens is 3. The van der Waals surface area contributed by atoms with Crippen molar-refractivity contribution in [2.45, 2.75) is 19.8 Å². The van der Waals surface area contributed by atoms with Crippen molar-refractivity contribution in [3.05, 3.63) is 86.4 Å². The molecule has 0 atom stereocenters. The smallest absolute Gasteiger partial charge is 0.291 e. The Morgan fingerprint density at radius 1 is 1.03 bits per heavy atom. The molecule has 0 aliphatic carbocycles. The van der Waals surface area contributed by atoms with Crippen LogP contribution in [-0.2, 0) is 0 Å². The highest BCUT2D eigenvalue weighted by Crippen LogP contribution is 2.13. The highest BCUT2D eigenvalue weighted by atomic mass is 32.1. The fourth-order valence-electron chi connectivity index (χ4n) is 2.80. The average molecular weight is 404 g/mol. The van der Waals surface area contributed by atoms with Gasteiger partial charge in [0, 0.05) is 0 Å². The van der Waals surface area contributed by atoms with Crippen molar-refractivity contribution < 1.29 is 4.74 Å². The second-order valence-electron chi connectivity index (χ2n) is 6.60. The van der Waals surface area contributed by atoms with Crippen LogP contribution in [0.4, 0.5) is 0 Å². The lowest BCUT2D eigenvalue weighted by atomic mass is 10.2. The molecule has 0 fully saturated rings. The first-order valence-electron chi connectivity index (χ1n) is 9.60. The largest absolute Gasteiger partial charge is 0.494 e. The molecule has 0 aliphatic rings. The van der Waals surface area contributed by atoms with Gasteiger partial charge in [0.05, 0.1) is 11.1 Å². The summed E-state index contributed by atoms with van der Waals surface area (Å²) in [6.07, 6.45) is 7.75. The van der Waals surface area contributed by atoms with Crippen LogP contribution in [0.15, 0.2) is 59.4 Å². The van der Waals surface area contributed by atoms with Crippen LogP contribution in [0.3, 0.4) is 0 Å². The summed E-state index contributed by atoms with van der Waals surface area (Å²) >= 11 is 1.34. The molecule has 0 N–H and O–H groups in total. The third-order valence-electron chi connectivity index (χ3n) is 4.37. The lowest BCUT2D eigenvalue weighted by Gasteiger charge is -2.04. The highest BCUT2D eigenvalue weighted by Gasteiger charge is 2.08.